The molecular weight excluding hydrogens is 128 g/mol. The van der Waals surface area contributed by atoms with Gasteiger partial charge in [0.2, 0.25) is 0 Å². The van der Waals surface area contributed by atoms with Crippen LogP contribution in [0.2, 0.25) is 0 Å². The van der Waals surface area contributed by atoms with Crippen LogP contribution in [0.25, 0.3) is 0 Å². The van der Waals surface area contributed by atoms with E-state index in [-0.39, 0.29) is 6.61 Å². The van der Waals surface area contributed by atoms with Crippen LogP contribution < -0.4 is 5.73 Å². The summed E-state index contributed by atoms with van der Waals surface area (Å²) < 4.78 is 0. The first-order valence-corrected chi connectivity index (χ1v) is 3.20. The molecule has 0 bridgehead atoms. The largest absolute Gasteiger partial charge is 0.394 e. The second-order valence-electron chi connectivity index (χ2n) is 2.66. The lowest BCUT2D eigenvalue weighted by molar-refractivity contribution is 0.207. The molecule has 1 heterocycles. The van der Waals surface area contributed by atoms with Gasteiger partial charge in [0.05, 0.1) is 12.1 Å². The summed E-state index contributed by atoms with van der Waals surface area (Å²) in [7, 11) is 0. The highest BCUT2D eigenvalue weighted by Crippen LogP contribution is 2.13. The van der Waals surface area contributed by atoms with Crippen LogP contribution in [-0.4, -0.2) is 16.7 Å². The Morgan fingerprint density at radius 2 is 2.50 bits per heavy atom. The zero-order chi connectivity index (χ0) is 7.61. The number of H-pyrrole nitrogens is 1. The second-order valence-corrected chi connectivity index (χ2v) is 2.66. The van der Waals surface area contributed by atoms with Gasteiger partial charge < -0.3 is 15.8 Å². The predicted molar refractivity (Wildman–Crippen MR) is 39.4 cm³/mol. The third kappa shape index (κ3) is 1.20. The number of nitrogens with two attached hydrogens (primary N) is 1. The Hall–Kier alpha value is -0.800. The number of aliphatic hydroxyl groups excluding tert-OH is 1. The highest BCUT2D eigenvalue weighted by Gasteiger charge is 2.19. The minimum atomic E-state index is -0.635. The summed E-state index contributed by atoms with van der Waals surface area (Å²) in [5.41, 5.74) is 5.92. The molecule has 10 heavy (non-hydrogen) atoms. The Balaban J connectivity index is 2.85. The van der Waals surface area contributed by atoms with Crippen molar-refractivity contribution >= 4 is 0 Å². The van der Waals surface area contributed by atoms with E-state index in [1.165, 1.54) is 0 Å². The summed E-state index contributed by atoms with van der Waals surface area (Å²) in [4.78, 5) is 2.94. The number of hydrogen-bond donors (Lipinski definition) is 3. The molecule has 0 amide bonds. The number of aromatic amines is 1. The van der Waals surface area contributed by atoms with Gasteiger partial charge in [0.1, 0.15) is 0 Å². The monoisotopic (exact) mass is 140 g/mol. The van der Waals surface area contributed by atoms with Crippen LogP contribution in [0.15, 0.2) is 18.3 Å². The Bertz CT molecular complexity index is 191. The molecular formula is C7H12N2O. The van der Waals surface area contributed by atoms with Crippen molar-refractivity contribution in [2.24, 2.45) is 5.73 Å². The van der Waals surface area contributed by atoms with Crippen LogP contribution in [0, 0.1) is 0 Å². The summed E-state index contributed by atoms with van der Waals surface area (Å²) in [6, 6.07) is 3.71. The van der Waals surface area contributed by atoms with E-state index in [1.54, 1.807) is 13.1 Å². The third-order valence-electron chi connectivity index (χ3n) is 1.54. The number of rotatable bonds is 2. The molecule has 1 rings (SSSR count). The van der Waals surface area contributed by atoms with Gasteiger partial charge in [0.25, 0.3) is 0 Å². The molecule has 0 fully saturated rings. The van der Waals surface area contributed by atoms with Crippen LogP contribution in [0.1, 0.15) is 12.6 Å². The number of aromatic nitrogens is 1. The molecule has 3 nitrogen and oxygen atoms in total. The Morgan fingerprint density at radius 1 is 1.80 bits per heavy atom. The fourth-order valence-electron chi connectivity index (χ4n) is 0.771. The molecule has 1 unspecified atom stereocenters. The highest BCUT2D eigenvalue weighted by atomic mass is 16.3. The third-order valence-corrected chi connectivity index (χ3v) is 1.54. The van der Waals surface area contributed by atoms with E-state index >= 15 is 0 Å². The average Bonchev–Trinajstić information content (AvgIpc) is 2.38. The normalized spacial score (nSPS) is 16.7. The molecule has 0 aliphatic rings. The molecule has 56 valence electrons. The zero-order valence-corrected chi connectivity index (χ0v) is 5.96. The van der Waals surface area contributed by atoms with Gasteiger partial charge in [0.15, 0.2) is 0 Å². The smallest absolute Gasteiger partial charge is 0.0766 e. The number of hydrogen-bond acceptors (Lipinski definition) is 2. The van der Waals surface area contributed by atoms with Gasteiger partial charge >= 0.3 is 0 Å². The van der Waals surface area contributed by atoms with Gasteiger partial charge in [-0.1, -0.05) is 0 Å². The van der Waals surface area contributed by atoms with E-state index in [0.29, 0.717) is 0 Å². The first kappa shape index (κ1) is 7.31. The summed E-state index contributed by atoms with van der Waals surface area (Å²) >= 11 is 0. The summed E-state index contributed by atoms with van der Waals surface area (Å²) in [6.07, 6.45) is 1.79. The van der Waals surface area contributed by atoms with Gasteiger partial charge in [-0.2, -0.15) is 0 Å². The van der Waals surface area contributed by atoms with Crippen molar-refractivity contribution in [1.82, 2.24) is 4.98 Å². The van der Waals surface area contributed by atoms with Gasteiger partial charge in [-0.25, -0.2) is 0 Å². The van der Waals surface area contributed by atoms with Crippen molar-refractivity contribution in [3.63, 3.8) is 0 Å². The van der Waals surface area contributed by atoms with Crippen LogP contribution in [-0.2, 0) is 5.54 Å². The number of aliphatic hydroxyl groups is 1. The van der Waals surface area contributed by atoms with Crippen molar-refractivity contribution in [2.75, 3.05) is 6.61 Å². The van der Waals surface area contributed by atoms with Crippen molar-refractivity contribution in [3.05, 3.63) is 24.0 Å². The molecule has 0 radical (unpaired) electrons. The molecule has 0 aromatic carbocycles. The lowest BCUT2D eigenvalue weighted by Crippen LogP contribution is -2.37. The van der Waals surface area contributed by atoms with E-state index < -0.39 is 5.54 Å². The van der Waals surface area contributed by atoms with E-state index in [4.69, 9.17) is 10.8 Å². The first-order chi connectivity index (χ1) is 4.67. The molecule has 0 saturated heterocycles. The van der Waals surface area contributed by atoms with Crippen LogP contribution in [0.5, 0.6) is 0 Å². The maximum absolute atomic E-state index is 8.82. The molecule has 3 heteroatoms. The molecule has 0 saturated carbocycles. The van der Waals surface area contributed by atoms with Gasteiger partial charge in [0, 0.05) is 11.9 Å². The second kappa shape index (κ2) is 2.44. The van der Waals surface area contributed by atoms with E-state index in [9.17, 15) is 0 Å². The molecule has 1 aromatic heterocycles. The Morgan fingerprint density at radius 3 is 2.90 bits per heavy atom. The quantitative estimate of drug-likeness (QED) is 0.548. The lowest BCUT2D eigenvalue weighted by atomic mass is 10.0. The standard InChI is InChI=1S/C7H12N2O/c1-7(8,5-10)6-3-2-4-9-6/h2-4,9-10H,5,8H2,1H3. The van der Waals surface area contributed by atoms with Gasteiger partial charge in [-0.05, 0) is 19.1 Å². The molecule has 4 N–H and O–H groups in total. The minimum Gasteiger partial charge on any atom is -0.394 e. The van der Waals surface area contributed by atoms with Gasteiger partial charge in [-0.3, -0.25) is 0 Å². The van der Waals surface area contributed by atoms with E-state index in [1.807, 2.05) is 12.1 Å². The summed E-state index contributed by atoms with van der Waals surface area (Å²) in [5, 5.41) is 8.82. The fourth-order valence-corrected chi connectivity index (χ4v) is 0.771. The Kier molecular flexibility index (Phi) is 1.78. The highest BCUT2D eigenvalue weighted by molar-refractivity contribution is 5.13. The van der Waals surface area contributed by atoms with Crippen molar-refractivity contribution in [1.29, 1.82) is 0 Å². The summed E-state index contributed by atoms with van der Waals surface area (Å²) in [6.45, 7) is 1.73. The van der Waals surface area contributed by atoms with Gasteiger partial charge in [-0.15, -0.1) is 0 Å². The topological polar surface area (TPSA) is 62.0 Å². The minimum absolute atomic E-state index is 0.0481. The lowest BCUT2D eigenvalue weighted by Gasteiger charge is -2.19. The average molecular weight is 140 g/mol. The van der Waals surface area contributed by atoms with Crippen molar-refractivity contribution < 1.29 is 5.11 Å². The van der Waals surface area contributed by atoms with E-state index in [2.05, 4.69) is 4.98 Å². The molecule has 0 aliphatic heterocycles. The maximum atomic E-state index is 8.82. The Labute approximate surface area is 59.9 Å². The summed E-state index contributed by atoms with van der Waals surface area (Å²) in [5.74, 6) is 0. The fraction of sp³-hybridized carbons (Fsp3) is 0.429. The predicted octanol–water partition coefficient (Wildman–Crippen LogP) is 0.181. The van der Waals surface area contributed by atoms with Crippen LogP contribution in [0.3, 0.4) is 0 Å². The molecule has 0 aliphatic carbocycles. The number of nitrogens with one attached hydrogen (secondary N) is 1. The van der Waals surface area contributed by atoms with Crippen molar-refractivity contribution in [2.45, 2.75) is 12.5 Å². The first-order valence-electron chi connectivity index (χ1n) is 3.20. The van der Waals surface area contributed by atoms with Crippen LogP contribution in [0.4, 0.5) is 0 Å². The molecule has 1 atom stereocenters. The SMILES string of the molecule is CC(N)(CO)c1ccc[nH]1. The molecule has 0 spiro atoms. The van der Waals surface area contributed by atoms with E-state index in [0.717, 1.165) is 5.69 Å². The molecule has 1 aromatic rings. The van der Waals surface area contributed by atoms with Crippen LogP contribution >= 0.6 is 0 Å². The zero-order valence-electron chi connectivity index (χ0n) is 5.96. The maximum Gasteiger partial charge on any atom is 0.0766 e. The van der Waals surface area contributed by atoms with Crippen molar-refractivity contribution in [3.8, 4) is 0 Å².